The van der Waals surface area contributed by atoms with Crippen LogP contribution in [0.1, 0.15) is 25.0 Å². The molecule has 1 aromatic heterocycles. The van der Waals surface area contributed by atoms with Crippen LogP contribution >= 0.6 is 0 Å². The molecule has 0 aliphatic carbocycles. The molecule has 0 aromatic carbocycles. The SMILES string of the molecule is COCC1(C(=O)O)CCCN1C(=O)CCc1ccncn1. The van der Waals surface area contributed by atoms with E-state index in [0.29, 0.717) is 25.8 Å². The van der Waals surface area contributed by atoms with Gasteiger partial charge in [0.1, 0.15) is 6.33 Å². The van der Waals surface area contributed by atoms with Gasteiger partial charge in [-0.05, 0) is 25.3 Å². The fourth-order valence-corrected chi connectivity index (χ4v) is 2.75. The number of carbonyl (C=O) groups excluding carboxylic acids is 1. The zero-order valence-electron chi connectivity index (χ0n) is 12.0. The summed E-state index contributed by atoms with van der Waals surface area (Å²) < 4.78 is 5.04. The second-order valence-electron chi connectivity index (χ2n) is 5.12. The number of hydrogen-bond donors (Lipinski definition) is 1. The molecule has 1 atom stereocenters. The van der Waals surface area contributed by atoms with E-state index >= 15 is 0 Å². The smallest absolute Gasteiger partial charge is 0.332 e. The van der Waals surface area contributed by atoms with Crippen LogP contribution in [-0.2, 0) is 20.7 Å². The van der Waals surface area contributed by atoms with Gasteiger partial charge >= 0.3 is 5.97 Å². The van der Waals surface area contributed by atoms with Gasteiger partial charge < -0.3 is 14.7 Å². The Morgan fingerprint density at radius 1 is 1.52 bits per heavy atom. The number of likely N-dealkylation sites (tertiary alicyclic amines) is 1. The third-order valence-electron chi connectivity index (χ3n) is 3.81. The zero-order chi connectivity index (χ0) is 15.3. The standard InChI is InChI=1S/C14H19N3O4/c1-21-9-14(13(19)20)6-2-8-17(14)12(18)4-3-11-5-7-15-10-16-11/h5,7,10H,2-4,6,8-9H2,1H3,(H,19,20). The summed E-state index contributed by atoms with van der Waals surface area (Å²) in [6.45, 7) is 0.472. The summed E-state index contributed by atoms with van der Waals surface area (Å²) in [6, 6.07) is 1.75. The summed E-state index contributed by atoms with van der Waals surface area (Å²) in [5.74, 6) is -1.18. The van der Waals surface area contributed by atoms with E-state index in [4.69, 9.17) is 4.74 Å². The number of aryl methyl sites for hydroxylation is 1. The van der Waals surface area contributed by atoms with Crippen molar-refractivity contribution in [3.05, 3.63) is 24.3 Å². The van der Waals surface area contributed by atoms with E-state index in [1.54, 1.807) is 12.3 Å². The van der Waals surface area contributed by atoms with Crippen LogP contribution in [0.15, 0.2) is 18.6 Å². The number of nitrogens with zero attached hydrogens (tertiary/aromatic N) is 3. The summed E-state index contributed by atoms with van der Waals surface area (Å²) in [4.78, 5) is 33.3. The van der Waals surface area contributed by atoms with Gasteiger partial charge in [0.05, 0.1) is 6.61 Å². The molecule has 21 heavy (non-hydrogen) atoms. The first kappa shape index (κ1) is 15.4. The van der Waals surface area contributed by atoms with Gasteiger partial charge in [-0.15, -0.1) is 0 Å². The van der Waals surface area contributed by atoms with Crippen molar-refractivity contribution in [2.45, 2.75) is 31.2 Å². The Morgan fingerprint density at radius 2 is 2.33 bits per heavy atom. The minimum atomic E-state index is -1.22. The maximum absolute atomic E-state index is 12.4. The molecule has 1 N–H and O–H groups in total. The number of aromatic nitrogens is 2. The molecule has 1 saturated heterocycles. The molecular formula is C14H19N3O4. The van der Waals surface area contributed by atoms with Crippen LogP contribution in [0.2, 0.25) is 0 Å². The van der Waals surface area contributed by atoms with Gasteiger partial charge in [0.15, 0.2) is 5.54 Å². The molecular weight excluding hydrogens is 274 g/mol. The van der Waals surface area contributed by atoms with Gasteiger partial charge in [0, 0.05) is 32.0 Å². The van der Waals surface area contributed by atoms with Gasteiger partial charge in [-0.2, -0.15) is 0 Å². The number of carboxylic acid groups (broad SMARTS) is 1. The Morgan fingerprint density at radius 3 is 2.95 bits per heavy atom. The largest absolute Gasteiger partial charge is 0.479 e. The molecule has 0 saturated carbocycles. The number of amides is 1. The Balaban J connectivity index is 2.05. The molecule has 1 aliphatic rings. The molecule has 2 rings (SSSR count). The molecule has 0 radical (unpaired) electrons. The molecule has 2 heterocycles. The maximum atomic E-state index is 12.4. The monoisotopic (exact) mass is 293 g/mol. The molecule has 0 spiro atoms. The number of rotatable bonds is 6. The summed E-state index contributed by atoms with van der Waals surface area (Å²) in [5.41, 5.74) is -0.456. The summed E-state index contributed by atoms with van der Waals surface area (Å²) in [7, 11) is 1.45. The number of hydrogen-bond acceptors (Lipinski definition) is 5. The van der Waals surface area contributed by atoms with E-state index in [9.17, 15) is 14.7 Å². The van der Waals surface area contributed by atoms with Crippen LogP contribution in [0, 0.1) is 0 Å². The fourth-order valence-electron chi connectivity index (χ4n) is 2.75. The fraction of sp³-hybridized carbons (Fsp3) is 0.571. The minimum absolute atomic E-state index is 0.0155. The molecule has 7 heteroatoms. The highest BCUT2D eigenvalue weighted by atomic mass is 16.5. The van der Waals surface area contributed by atoms with Gasteiger partial charge in [0.25, 0.3) is 0 Å². The van der Waals surface area contributed by atoms with E-state index in [2.05, 4.69) is 9.97 Å². The number of methoxy groups -OCH3 is 1. The van der Waals surface area contributed by atoms with E-state index in [1.165, 1.54) is 18.3 Å². The zero-order valence-corrected chi connectivity index (χ0v) is 12.0. The van der Waals surface area contributed by atoms with Crippen LogP contribution in [0.4, 0.5) is 0 Å². The van der Waals surface area contributed by atoms with Crippen molar-refractivity contribution in [2.24, 2.45) is 0 Å². The van der Waals surface area contributed by atoms with Crippen LogP contribution in [-0.4, -0.2) is 57.7 Å². The van der Waals surface area contributed by atoms with Crippen LogP contribution < -0.4 is 0 Å². The average Bonchev–Trinajstić information content (AvgIpc) is 2.91. The molecule has 1 amide bonds. The van der Waals surface area contributed by atoms with Crippen molar-refractivity contribution in [1.29, 1.82) is 0 Å². The third kappa shape index (κ3) is 3.18. The maximum Gasteiger partial charge on any atom is 0.332 e. The van der Waals surface area contributed by atoms with Crippen LogP contribution in [0.25, 0.3) is 0 Å². The van der Waals surface area contributed by atoms with E-state index in [0.717, 1.165) is 5.69 Å². The number of ether oxygens (including phenoxy) is 1. The topological polar surface area (TPSA) is 92.6 Å². The van der Waals surface area contributed by atoms with Crippen molar-refractivity contribution < 1.29 is 19.4 Å². The lowest BCUT2D eigenvalue weighted by molar-refractivity contribution is -0.160. The summed E-state index contributed by atoms with van der Waals surface area (Å²) in [5, 5.41) is 9.50. The average molecular weight is 293 g/mol. The number of aliphatic carboxylic acids is 1. The van der Waals surface area contributed by atoms with Crippen molar-refractivity contribution in [3.63, 3.8) is 0 Å². The van der Waals surface area contributed by atoms with Crippen LogP contribution in [0.5, 0.6) is 0 Å². The Kier molecular flexibility index (Phi) is 4.85. The number of carboxylic acids is 1. The van der Waals surface area contributed by atoms with Crippen molar-refractivity contribution >= 4 is 11.9 Å². The Labute approximate surface area is 123 Å². The molecule has 1 aliphatic heterocycles. The van der Waals surface area contributed by atoms with Crippen molar-refractivity contribution in [3.8, 4) is 0 Å². The first-order valence-electron chi connectivity index (χ1n) is 6.88. The highest BCUT2D eigenvalue weighted by Crippen LogP contribution is 2.31. The molecule has 114 valence electrons. The first-order valence-corrected chi connectivity index (χ1v) is 6.88. The Bertz CT molecular complexity index is 508. The van der Waals surface area contributed by atoms with Gasteiger partial charge in [0.2, 0.25) is 5.91 Å². The first-order chi connectivity index (χ1) is 10.1. The van der Waals surface area contributed by atoms with E-state index in [-0.39, 0.29) is 18.9 Å². The van der Waals surface area contributed by atoms with Gasteiger partial charge in [-0.3, -0.25) is 4.79 Å². The predicted octanol–water partition coefficient (Wildman–Crippen LogP) is 0.501. The molecule has 7 nitrogen and oxygen atoms in total. The van der Waals surface area contributed by atoms with Gasteiger partial charge in [-0.1, -0.05) is 0 Å². The van der Waals surface area contributed by atoms with Gasteiger partial charge in [-0.25, -0.2) is 14.8 Å². The molecule has 1 aromatic rings. The highest BCUT2D eigenvalue weighted by Gasteiger charge is 2.49. The van der Waals surface area contributed by atoms with Crippen molar-refractivity contribution in [1.82, 2.24) is 14.9 Å². The second kappa shape index (κ2) is 6.62. The molecule has 1 unspecified atom stereocenters. The normalized spacial score (nSPS) is 21.5. The second-order valence-corrected chi connectivity index (χ2v) is 5.12. The predicted molar refractivity (Wildman–Crippen MR) is 73.5 cm³/mol. The quantitative estimate of drug-likeness (QED) is 0.821. The van der Waals surface area contributed by atoms with E-state index < -0.39 is 11.5 Å². The summed E-state index contributed by atoms with van der Waals surface area (Å²) in [6.07, 6.45) is 4.86. The lowest BCUT2D eigenvalue weighted by Gasteiger charge is -2.34. The molecule has 1 fully saturated rings. The van der Waals surface area contributed by atoms with Crippen LogP contribution in [0.3, 0.4) is 0 Å². The minimum Gasteiger partial charge on any atom is -0.479 e. The summed E-state index contributed by atoms with van der Waals surface area (Å²) >= 11 is 0. The number of carbonyl (C=O) groups is 2. The highest BCUT2D eigenvalue weighted by molar-refractivity contribution is 5.88. The lowest BCUT2D eigenvalue weighted by atomic mass is 9.97. The molecule has 0 bridgehead atoms. The van der Waals surface area contributed by atoms with E-state index in [1.807, 2.05) is 0 Å². The Hall–Kier alpha value is -2.02. The third-order valence-corrected chi connectivity index (χ3v) is 3.81. The van der Waals surface area contributed by atoms with Crippen molar-refractivity contribution in [2.75, 3.05) is 20.3 Å². The lowest BCUT2D eigenvalue weighted by Crippen LogP contribution is -2.56.